The van der Waals surface area contributed by atoms with E-state index in [9.17, 15) is 0 Å². The van der Waals surface area contributed by atoms with Crippen molar-refractivity contribution in [2.45, 2.75) is 16.5 Å². The number of benzene rings is 6. The van der Waals surface area contributed by atoms with Crippen LogP contribution in [0.5, 0.6) is 0 Å². The first kappa shape index (κ1) is 36.5. The van der Waals surface area contributed by atoms with E-state index in [-0.39, 0.29) is 32.1 Å². The molecule has 2 aliphatic rings. The summed E-state index contributed by atoms with van der Waals surface area (Å²) in [7, 11) is 0. The summed E-state index contributed by atoms with van der Waals surface area (Å²) in [6, 6.07) is 56.9. The standard InChI is InChI=1S/2C23H15O.2CH3.2ClH.H2Si.Zr/c2*1-2-7-16(8-3-1)20-11-6-10-17-13-19(14-21(17)20)23-15-18-9-4-5-12-22(18)24-23;;;;;;/h2*1-15H;2*1H3;2*1H;1H2;. The molecule has 2 atom stereocenters. The van der Waals surface area contributed by atoms with Gasteiger partial charge in [0, 0.05) is 0 Å². The minimum absolute atomic E-state index is 0. The zero-order chi connectivity index (χ0) is 35.1. The van der Waals surface area contributed by atoms with Gasteiger partial charge in [0.2, 0.25) is 0 Å². The van der Waals surface area contributed by atoms with E-state index in [0.29, 0.717) is 0 Å². The van der Waals surface area contributed by atoms with Gasteiger partial charge in [-0.1, -0.05) is 0 Å². The van der Waals surface area contributed by atoms with Crippen molar-refractivity contribution in [1.82, 2.24) is 0 Å². The third-order valence-electron chi connectivity index (χ3n) is 11.6. The Kier molecular flexibility index (Phi) is 9.26. The minimum atomic E-state index is -4.22. The number of hydrogen-bond donors (Lipinski definition) is 0. The number of allylic oxidation sites excluding steroid dienone is 2. The maximum atomic E-state index is 6.79. The second-order valence-electron chi connectivity index (χ2n) is 15.6. The van der Waals surface area contributed by atoms with Gasteiger partial charge < -0.3 is 0 Å². The van der Waals surface area contributed by atoms with Crippen molar-refractivity contribution >= 4 is 76.9 Å². The van der Waals surface area contributed by atoms with Crippen LogP contribution >= 0.6 is 24.8 Å². The Bertz CT molecular complexity index is 2590. The first-order chi connectivity index (χ1) is 25.3. The Morgan fingerprint density at radius 3 is 1.26 bits per heavy atom. The molecule has 0 spiro atoms. The van der Waals surface area contributed by atoms with Gasteiger partial charge in [0.15, 0.2) is 0 Å². The Morgan fingerprint density at radius 1 is 0.463 bits per heavy atom. The average Bonchev–Trinajstić information content (AvgIpc) is 3.97. The van der Waals surface area contributed by atoms with Gasteiger partial charge in [-0.25, -0.2) is 0 Å². The molecule has 6 heteroatoms. The number of para-hydroxylation sites is 2. The molecule has 0 bridgehead atoms. The molecule has 2 heterocycles. The summed E-state index contributed by atoms with van der Waals surface area (Å²) >= 11 is -4.22. The summed E-state index contributed by atoms with van der Waals surface area (Å²) in [6.45, 7) is 2.36. The van der Waals surface area contributed by atoms with Crippen LogP contribution in [-0.2, 0) is 17.4 Å². The van der Waals surface area contributed by atoms with Gasteiger partial charge in [-0.05, 0) is 0 Å². The molecule has 0 radical (unpaired) electrons. The average molecular weight is 839 g/mol. The summed E-state index contributed by atoms with van der Waals surface area (Å²) in [6.07, 6.45) is 4.93. The summed E-state index contributed by atoms with van der Waals surface area (Å²) in [5.41, 5.74) is 14.9. The molecule has 0 fully saturated rings. The van der Waals surface area contributed by atoms with Gasteiger partial charge in [0.05, 0.1) is 0 Å². The van der Waals surface area contributed by atoms with E-state index in [0.717, 1.165) is 33.5 Å². The fraction of sp³-hybridized carbons (Fsp3) is 0.0833. The van der Waals surface area contributed by atoms with Crippen LogP contribution in [-0.4, -0.2) is 6.88 Å². The molecule has 8 aromatic rings. The van der Waals surface area contributed by atoms with E-state index in [2.05, 4.69) is 186 Å². The maximum absolute atomic E-state index is 6.79. The molecule has 2 nitrogen and oxygen atoms in total. The molecule has 2 aliphatic carbocycles. The van der Waals surface area contributed by atoms with Crippen molar-refractivity contribution in [2.75, 3.05) is 0 Å². The Labute approximate surface area is 330 Å². The second-order valence-corrected chi connectivity index (χ2v) is 46.1. The van der Waals surface area contributed by atoms with Crippen molar-refractivity contribution in [3.05, 3.63) is 191 Å². The van der Waals surface area contributed by atoms with E-state index in [1.807, 2.05) is 0 Å². The van der Waals surface area contributed by atoms with Crippen molar-refractivity contribution in [1.29, 1.82) is 0 Å². The van der Waals surface area contributed by atoms with E-state index in [4.69, 9.17) is 8.83 Å². The van der Waals surface area contributed by atoms with Crippen LogP contribution in [0.15, 0.2) is 167 Å². The molecule has 54 heavy (non-hydrogen) atoms. The fourth-order valence-electron chi connectivity index (χ4n) is 9.43. The number of fused-ring (bicyclic) bond motifs is 4. The Balaban J connectivity index is 0.00000207. The van der Waals surface area contributed by atoms with Crippen LogP contribution < -0.4 is 0 Å². The molecule has 0 aliphatic heterocycles. The van der Waals surface area contributed by atoms with E-state index >= 15 is 0 Å². The first-order valence-electron chi connectivity index (χ1n) is 18.2. The SMILES string of the molecule is Cl.Cl.[CH3][Zr]([CH3])(=[SiH2])([CH]1C(c2cc3ccccc3o2)=Cc2c(-c3ccccc3)cccc21)[CH]1C(c2cc3ccccc3o2)=Cc2c(-c3ccccc3)cccc21. The summed E-state index contributed by atoms with van der Waals surface area (Å²) in [5, 5.41) is 2.28. The second kappa shape index (κ2) is 13.7. The normalized spacial score (nSPS) is 16.3. The predicted octanol–water partition coefficient (Wildman–Crippen LogP) is 13.6. The molecule has 266 valence electrons. The fourth-order valence-corrected chi connectivity index (χ4v) is 27.8. The molecule has 0 saturated heterocycles. The van der Waals surface area contributed by atoms with Crippen LogP contribution in [0.1, 0.15) is 41.0 Å². The summed E-state index contributed by atoms with van der Waals surface area (Å²) in [5.74, 6) is 1.95. The summed E-state index contributed by atoms with van der Waals surface area (Å²) < 4.78 is 19.4. The quantitative estimate of drug-likeness (QED) is 0.156. The number of halogens is 2. The zero-order valence-electron chi connectivity index (χ0n) is 30.2. The zero-order valence-corrected chi connectivity index (χ0v) is 35.7. The van der Waals surface area contributed by atoms with Crippen LogP contribution in [0.2, 0.25) is 9.26 Å². The van der Waals surface area contributed by atoms with Crippen molar-refractivity contribution in [3.8, 4) is 22.3 Å². The van der Waals surface area contributed by atoms with Gasteiger partial charge in [-0.2, -0.15) is 0 Å². The molecule has 2 aromatic heterocycles. The van der Waals surface area contributed by atoms with E-state index in [1.54, 1.807) is 0 Å². The Morgan fingerprint density at radius 2 is 0.852 bits per heavy atom. The van der Waals surface area contributed by atoms with Crippen molar-refractivity contribution in [2.24, 2.45) is 0 Å². The van der Waals surface area contributed by atoms with Crippen molar-refractivity contribution in [3.63, 3.8) is 0 Å². The van der Waals surface area contributed by atoms with Crippen molar-refractivity contribution < 1.29 is 26.2 Å². The Hall–Kier alpha value is -4.44. The van der Waals surface area contributed by atoms with Crippen LogP contribution in [0.25, 0.3) is 67.5 Å². The molecule has 10 rings (SSSR count). The molecule has 0 saturated carbocycles. The monoisotopic (exact) mass is 836 g/mol. The van der Waals surface area contributed by atoms with Crippen LogP contribution in [0.4, 0.5) is 0 Å². The molecule has 0 amide bonds. The van der Waals surface area contributed by atoms with Gasteiger partial charge in [-0.3, -0.25) is 0 Å². The number of furan rings is 2. The molecular weight excluding hydrogens is 799 g/mol. The third kappa shape index (κ3) is 5.78. The molecule has 6 aromatic carbocycles. The predicted molar refractivity (Wildman–Crippen MR) is 232 cm³/mol. The number of rotatable bonds is 6. The van der Waals surface area contributed by atoms with E-state index in [1.165, 1.54) is 55.7 Å². The van der Waals surface area contributed by atoms with Gasteiger partial charge in [-0.15, -0.1) is 24.8 Å². The third-order valence-corrected chi connectivity index (χ3v) is 28.8. The van der Waals surface area contributed by atoms with Gasteiger partial charge >= 0.3 is 309 Å². The van der Waals surface area contributed by atoms with E-state index < -0.39 is 17.4 Å². The summed E-state index contributed by atoms with van der Waals surface area (Å²) in [4.78, 5) is 0. The molecule has 2 unspecified atom stereocenters. The molecule has 0 N–H and O–H groups in total. The topological polar surface area (TPSA) is 26.3 Å². The molecular formula is C48H40Cl2O2SiZr. The van der Waals surface area contributed by atoms with Gasteiger partial charge in [0.25, 0.3) is 0 Å². The number of hydrogen-bond acceptors (Lipinski definition) is 2. The van der Waals surface area contributed by atoms with Crippen LogP contribution in [0.3, 0.4) is 0 Å². The van der Waals surface area contributed by atoms with Gasteiger partial charge in [0.1, 0.15) is 0 Å². The van der Waals surface area contributed by atoms with Crippen LogP contribution in [0, 0.1) is 0 Å². The first-order valence-corrected chi connectivity index (χ1v) is 31.9.